The minimum absolute atomic E-state index is 0.00345. The fraction of sp³-hybridized carbons (Fsp3) is 0.211. The highest BCUT2D eigenvalue weighted by atomic mass is 19.1. The molecule has 2 aromatic rings. The maximum Gasteiger partial charge on any atom is 0.260 e. The van der Waals surface area contributed by atoms with Gasteiger partial charge in [0.1, 0.15) is 0 Å². The number of nitrogens with two attached hydrogens (primary N) is 1. The smallest absolute Gasteiger partial charge is 0.260 e. The number of ether oxygens (including phenoxy) is 1. The van der Waals surface area contributed by atoms with Crippen molar-refractivity contribution in [2.75, 3.05) is 25.0 Å². The zero-order valence-electron chi connectivity index (χ0n) is 14.4. The van der Waals surface area contributed by atoms with Gasteiger partial charge in [0, 0.05) is 13.1 Å². The number of benzene rings is 2. The summed E-state index contributed by atoms with van der Waals surface area (Å²) >= 11 is 0. The second kappa shape index (κ2) is 7.86. The molecule has 3 amide bonds. The molecule has 0 bridgehead atoms. The van der Waals surface area contributed by atoms with Crippen LogP contribution in [0.5, 0.6) is 5.75 Å². The van der Waals surface area contributed by atoms with Crippen LogP contribution in [-0.2, 0) is 9.59 Å². The average Bonchev–Trinajstić information content (AvgIpc) is 2.60. The molecule has 140 valence electrons. The van der Waals surface area contributed by atoms with Crippen LogP contribution in [0.15, 0.2) is 48.5 Å². The van der Waals surface area contributed by atoms with Crippen LogP contribution in [0.1, 0.15) is 10.4 Å². The zero-order chi connectivity index (χ0) is 19.4. The predicted molar refractivity (Wildman–Crippen MR) is 95.6 cm³/mol. The molecule has 0 aromatic heterocycles. The van der Waals surface area contributed by atoms with Gasteiger partial charge in [-0.25, -0.2) is 4.39 Å². The largest absolute Gasteiger partial charge is 0.481 e. The third-order valence-electron chi connectivity index (χ3n) is 4.24. The first-order valence-electron chi connectivity index (χ1n) is 8.30. The van der Waals surface area contributed by atoms with Gasteiger partial charge in [-0.05, 0) is 24.3 Å². The van der Waals surface area contributed by atoms with Crippen LogP contribution in [0.2, 0.25) is 0 Å². The number of halogens is 1. The van der Waals surface area contributed by atoms with E-state index in [1.54, 1.807) is 24.3 Å². The lowest BCUT2D eigenvalue weighted by atomic mass is 9.98. The van der Waals surface area contributed by atoms with Gasteiger partial charge in [0.25, 0.3) is 11.8 Å². The van der Waals surface area contributed by atoms with Crippen LogP contribution >= 0.6 is 0 Å². The lowest BCUT2D eigenvalue weighted by Gasteiger charge is -2.38. The van der Waals surface area contributed by atoms with Gasteiger partial charge in [-0.15, -0.1) is 0 Å². The van der Waals surface area contributed by atoms with Gasteiger partial charge < -0.3 is 20.7 Å². The molecule has 3 rings (SSSR count). The first kappa shape index (κ1) is 18.4. The third kappa shape index (κ3) is 4.22. The summed E-state index contributed by atoms with van der Waals surface area (Å²) in [6, 6.07) is 12.2. The van der Waals surface area contributed by atoms with Crippen molar-refractivity contribution in [2.24, 2.45) is 11.7 Å². The normalized spacial score (nSPS) is 13.6. The molecule has 2 aromatic carbocycles. The molecule has 27 heavy (non-hydrogen) atoms. The van der Waals surface area contributed by atoms with E-state index in [1.807, 2.05) is 0 Å². The summed E-state index contributed by atoms with van der Waals surface area (Å²) in [5, 5.41) is 2.66. The van der Waals surface area contributed by atoms with Crippen molar-refractivity contribution in [1.82, 2.24) is 4.90 Å². The topological polar surface area (TPSA) is 102 Å². The van der Waals surface area contributed by atoms with E-state index in [9.17, 15) is 18.8 Å². The standard InChI is InChI=1S/C19H18FN3O4/c20-14-6-2-4-8-16(14)27-11-17(24)23-9-12(10-23)19(26)22-15-7-3-1-5-13(15)18(21)25/h1-8,12H,9-11H2,(H2,21,25)(H,22,26). The summed E-state index contributed by atoms with van der Waals surface area (Å²) in [6.45, 7) is 0.147. The lowest BCUT2D eigenvalue weighted by molar-refractivity contribution is -0.143. The van der Waals surface area contributed by atoms with E-state index in [2.05, 4.69) is 5.32 Å². The van der Waals surface area contributed by atoms with E-state index in [-0.39, 0.29) is 42.8 Å². The predicted octanol–water partition coefficient (Wildman–Crippen LogP) is 1.40. The number of nitrogens with zero attached hydrogens (tertiary/aromatic N) is 1. The van der Waals surface area contributed by atoms with Gasteiger partial charge in [-0.3, -0.25) is 14.4 Å². The van der Waals surface area contributed by atoms with Crippen LogP contribution < -0.4 is 15.8 Å². The average molecular weight is 371 g/mol. The molecule has 1 saturated heterocycles. The summed E-state index contributed by atoms with van der Waals surface area (Å²) in [7, 11) is 0. The van der Waals surface area contributed by atoms with Gasteiger partial charge in [0.15, 0.2) is 18.2 Å². The first-order valence-corrected chi connectivity index (χ1v) is 8.30. The van der Waals surface area contributed by atoms with Crippen molar-refractivity contribution in [2.45, 2.75) is 0 Å². The maximum atomic E-state index is 13.5. The Morgan fingerprint density at radius 3 is 2.48 bits per heavy atom. The van der Waals surface area contributed by atoms with Gasteiger partial charge in [-0.1, -0.05) is 24.3 Å². The van der Waals surface area contributed by atoms with E-state index >= 15 is 0 Å². The number of amides is 3. The van der Waals surface area contributed by atoms with E-state index in [4.69, 9.17) is 10.5 Å². The van der Waals surface area contributed by atoms with Crippen LogP contribution in [0.3, 0.4) is 0 Å². The number of hydrogen-bond acceptors (Lipinski definition) is 4. The van der Waals surface area contributed by atoms with Crippen LogP contribution in [-0.4, -0.2) is 42.3 Å². The summed E-state index contributed by atoms with van der Waals surface area (Å²) in [6.07, 6.45) is 0. The van der Waals surface area contributed by atoms with E-state index in [0.29, 0.717) is 5.69 Å². The molecule has 8 heteroatoms. The minimum Gasteiger partial charge on any atom is -0.481 e. The molecule has 7 nitrogen and oxygen atoms in total. The molecule has 0 radical (unpaired) electrons. The zero-order valence-corrected chi connectivity index (χ0v) is 14.4. The summed E-state index contributed by atoms with van der Waals surface area (Å²) in [4.78, 5) is 37.2. The first-order chi connectivity index (χ1) is 13.0. The number of rotatable bonds is 6. The Hall–Kier alpha value is -3.42. The summed E-state index contributed by atoms with van der Waals surface area (Å²) < 4.78 is 18.6. The fourth-order valence-electron chi connectivity index (χ4n) is 2.68. The number of carbonyl (C=O) groups is 3. The van der Waals surface area contributed by atoms with E-state index in [0.717, 1.165) is 0 Å². The molecule has 0 saturated carbocycles. The summed E-state index contributed by atoms with van der Waals surface area (Å²) in [5.74, 6) is -2.21. The molecule has 1 aliphatic rings. The molecule has 0 aliphatic carbocycles. The molecule has 1 heterocycles. The Morgan fingerprint density at radius 2 is 1.78 bits per heavy atom. The highest BCUT2D eigenvalue weighted by molar-refractivity contribution is 6.04. The Morgan fingerprint density at radius 1 is 1.11 bits per heavy atom. The third-order valence-corrected chi connectivity index (χ3v) is 4.24. The number of hydrogen-bond donors (Lipinski definition) is 2. The highest BCUT2D eigenvalue weighted by Crippen LogP contribution is 2.21. The Bertz CT molecular complexity index is 881. The van der Waals surface area contributed by atoms with Crippen molar-refractivity contribution in [1.29, 1.82) is 0 Å². The Labute approximate surface area is 154 Å². The van der Waals surface area contributed by atoms with Gasteiger partial charge in [0.2, 0.25) is 5.91 Å². The monoisotopic (exact) mass is 371 g/mol. The second-order valence-electron chi connectivity index (χ2n) is 6.11. The Balaban J connectivity index is 1.49. The molecular formula is C19H18FN3O4. The van der Waals surface area contributed by atoms with E-state index < -0.39 is 17.6 Å². The fourth-order valence-corrected chi connectivity index (χ4v) is 2.68. The van der Waals surface area contributed by atoms with Crippen molar-refractivity contribution in [3.63, 3.8) is 0 Å². The maximum absolute atomic E-state index is 13.5. The number of anilines is 1. The van der Waals surface area contributed by atoms with Gasteiger partial charge in [-0.2, -0.15) is 0 Å². The number of primary amides is 1. The Kier molecular flexibility index (Phi) is 5.35. The van der Waals surface area contributed by atoms with Crippen LogP contribution in [0.4, 0.5) is 10.1 Å². The number of para-hydroxylation sites is 2. The number of nitrogens with one attached hydrogen (secondary N) is 1. The minimum atomic E-state index is -0.637. The van der Waals surface area contributed by atoms with Crippen molar-refractivity contribution < 1.29 is 23.5 Å². The quantitative estimate of drug-likeness (QED) is 0.801. The van der Waals surface area contributed by atoms with Crippen molar-refractivity contribution in [3.8, 4) is 5.75 Å². The number of carbonyl (C=O) groups excluding carboxylic acids is 3. The SMILES string of the molecule is NC(=O)c1ccccc1NC(=O)C1CN(C(=O)COc2ccccc2F)C1. The highest BCUT2D eigenvalue weighted by Gasteiger charge is 2.36. The molecule has 0 atom stereocenters. The van der Waals surface area contributed by atoms with Gasteiger partial charge in [0.05, 0.1) is 17.2 Å². The molecular weight excluding hydrogens is 353 g/mol. The van der Waals surface area contributed by atoms with Crippen LogP contribution in [0, 0.1) is 11.7 Å². The van der Waals surface area contributed by atoms with E-state index in [1.165, 1.54) is 29.2 Å². The van der Waals surface area contributed by atoms with Crippen LogP contribution in [0.25, 0.3) is 0 Å². The second-order valence-corrected chi connectivity index (χ2v) is 6.11. The molecule has 1 fully saturated rings. The van der Waals surface area contributed by atoms with Gasteiger partial charge >= 0.3 is 0 Å². The van der Waals surface area contributed by atoms with Crippen molar-refractivity contribution >= 4 is 23.4 Å². The molecule has 1 aliphatic heterocycles. The molecule has 0 spiro atoms. The molecule has 0 unspecified atom stereocenters. The lowest BCUT2D eigenvalue weighted by Crippen LogP contribution is -2.55. The molecule has 3 N–H and O–H groups in total. The van der Waals surface area contributed by atoms with Crippen molar-refractivity contribution in [3.05, 3.63) is 59.9 Å². The summed E-state index contributed by atoms with van der Waals surface area (Å²) in [5.41, 5.74) is 5.84. The number of likely N-dealkylation sites (tertiary alicyclic amines) is 1.